The van der Waals surface area contributed by atoms with Crippen molar-refractivity contribution in [2.24, 2.45) is 5.10 Å². The number of aromatic nitrogens is 2. The van der Waals surface area contributed by atoms with Crippen molar-refractivity contribution in [2.45, 2.75) is 0 Å². The highest BCUT2D eigenvalue weighted by Gasteiger charge is 2.18. The van der Waals surface area contributed by atoms with Crippen LogP contribution in [0.5, 0.6) is 11.5 Å². The SMILES string of the molecule is O=C(N/N=C/c1ccc2c(c1)OCCO2)c1cn(-c2ccccc2)nc1-c1ccccc1. The predicted molar refractivity (Wildman–Crippen MR) is 121 cm³/mol. The highest BCUT2D eigenvalue weighted by atomic mass is 16.6. The van der Waals surface area contributed by atoms with E-state index in [1.807, 2.05) is 78.9 Å². The first-order chi connectivity index (χ1) is 15.8. The van der Waals surface area contributed by atoms with Crippen molar-refractivity contribution in [3.8, 4) is 28.4 Å². The average molecular weight is 424 g/mol. The molecule has 2 heterocycles. The number of amides is 1. The maximum atomic E-state index is 13.0. The molecule has 1 aliphatic rings. The molecule has 1 aromatic heterocycles. The largest absolute Gasteiger partial charge is 0.486 e. The van der Waals surface area contributed by atoms with Gasteiger partial charge >= 0.3 is 0 Å². The van der Waals surface area contributed by atoms with Crippen molar-refractivity contribution < 1.29 is 14.3 Å². The number of para-hydroxylation sites is 1. The summed E-state index contributed by atoms with van der Waals surface area (Å²) >= 11 is 0. The van der Waals surface area contributed by atoms with Gasteiger partial charge in [0, 0.05) is 11.8 Å². The highest BCUT2D eigenvalue weighted by Crippen LogP contribution is 2.30. The summed E-state index contributed by atoms with van der Waals surface area (Å²) in [4.78, 5) is 13.0. The number of ether oxygens (including phenoxy) is 2. The highest BCUT2D eigenvalue weighted by molar-refractivity contribution is 6.00. The van der Waals surface area contributed by atoms with Gasteiger partial charge in [0.1, 0.15) is 18.9 Å². The fraction of sp³-hybridized carbons (Fsp3) is 0.0800. The smallest absolute Gasteiger partial charge is 0.275 e. The molecule has 1 N–H and O–H groups in total. The molecule has 0 aliphatic carbocycles. The first-order valence-electron chi connectivity index (χ1n) is 10.2. The fourth-order valence-electron chi connectivity index (χ4n) is 3.43. The third-order valence-corrected chi connectivity index (χ3v) is 4.97. The van der Waals surface area contributed by atoms with Crippen LogP contribution in [0.2, 0.25) is 0 Å². The molecule has 0 atom stereocenters. The number of carbonyl (C=O) groups is 1. The van der Waals surface area contributed by atoms with Gasteiger partial charge in [0.25, 0.3) is 5.91 Å². The van der Waals surface area contributed by atoms with Crippen LogP contribution in [-0.4, -0.2) is 35.1 Å². The lowest BCUT2D eigenvalue weighted by molar-refractivity contribution is 0.0955. The van der Waals surface area contributed by atoms with E-state index in [-0.39, 0.29) is 5.91 Å². The molecule has 1 amide bonds. The number of hydrogen-bond donors (Lipinski definition) is 1. The molecule has 32 heavy (non-hydrogen) atoms. The van der Waals surface area contributed by atoms with E-state index in [4.69, 9.17) is 9.47 Å². The first-order valence-corrected chi connectivity index (χ1v) is 10.2. The van der Waals surface area contributed by atoms with Crippen LogP contribution < -0.4 is 14.9 Å². The van der Waals surface area contributed by atoms with Crippen molar-refractivity contribution in [1.82, 2.24) is 15.2 Å². The minimum Gasteiger partial charge on any atom is -0.486 e. The van der Waals surface area contributed by atoms with Crippen molar-refractivity contribution in [3.05, 3.63) is 96.2 Å². The third-order valence-electron chi connectivity index (χ3n) is 4.97. The van der Waals surface area contributed by atoms with Gasteiger partial charge in [-0.25, -0.2) is 10.1 Å². The van der Waals surface area contributed by atoms with Crippen LogP contribution in [0.4, 0.5) is 0 Å². The van der Waals surface area contributed by atoms with Crippen LogP contribution in [0.1, 0.15) is 15.9 Å². The van der Waals surface area contributed by atoms with Crippen LogP contribution in [0, 0.1) is 0 Å². The quantitative estimate of drug-likeness (QED) is 0.387. The number of nitrogens with one attached hydrogen (secondary N) is 1. The minimum absolute atomic E-state index is 0.347. The Labute approximate surface area is 184 Å². The summed E-state index contributed by atoms with van der Waals surface area (Å²) in [5, 5.41) is 8.79. The molecular formula is C25H20N4O3. The van der Waals surface area contributed by atoms with Crippen LogP contribution in [0.25, 0.3) is 16.9 Å². The summed E-state index contributed by atoms with van der Waals surface area (Å²) in [5.41, 5.74) is 6.13. The van der Waals surface area contributed by atoms with Gasteiger partial charge in [0.15, 0.2) is 11.5 Å². The Morgan fingerprint density at radius 2 is 1.66 bits per heavy atom. The maximum absolute atomic E-state index is 13.0. The van der Waals surface area contributed by atoms with Crippen molar-refractivity contribution in [1.29, 1.82) is 0 Å². The molecule has 0 saturated heterocycles. The normalized spacial score (nSPS) is 12.6. The van der Waals surface area contributed by atoms with Gasteiger partial charge in [-0.1, -0.05) is 48.5 Å². The van der Waals surface area contributed by atoms with Gasteiger partial charge in [-0.15, -0.1) is 0 Å². The Kier molecular flexibility index (Phi) is 5.36. The topological polar surface area (TPSA) is 77.7 Å². The maximum Gasteiger partial charge on any atom is 0.275 e. The lowest BCUT2D eigenvalue weighted by atomic mass is 10.1. The Morgan fingerprint density at radius 1 is 0.938 bits per heavy atom. The number of benzene rings is 3. The molecule has 0 saturated carbocycles. The van der Waals surface area contributed by atoms with E-state index in [0.29, 0.717) is 36.0 Å². The van der Waals surface area contributed by atoms with Gasteiger partial charge in [0.05, 0.1) is 17.5 Å². The van der Waals surface area contributed by atoms with Gasteiger partial charge in [0.2, 0.25) is 0 Å². The second-order valence-corrected chi connectivity index (χ2v) is 7.14. The molecular weight excluding hydrogens is 404 g/mol. The standard InChI is InChI=1S/C25H20N4O3/c30-25(27-26-16-18-11-12-22-23(15-18)32-14-13-31-22)21-17-29(20-9-5-2-6-10-20)28-24(21)19-7-3-1-4-8-19/h1-12,15-17H,13-14H2,(H,27,30)/b26-16+. The van der Waals surface area contributed by atoms with Gasteiger partial charge < -0.3 is 9.47 Å². The lowest BCUT2D eigenvalue weighted by Crippen LogP contribution is -2.18. The molecule has 158 valence electrons. The second-order valence-electron chi connectivity index (χ2n) is 7.14. The molecule has 0 unspecified atom stereocenters. The van der Waals surface area contributed by atoms with E-state index in [1.54, 1.807) is 17.1 Å². The Hall–Kier alpha value is -4.39. The van der Waals surface area contributed by atoms with Crippen molar-refractivity contribution in [3.63, 3.8) is 0 Å². The van der Waals surface area contributed by atoms with E-state index in [1.165, 1.54) is 0 Å². The summed E-state index contributed by atoms with van der Waals surface area (Å²) in [6, 6.07) is 24.8. The van der Waals surface area contributed by atoms with Crippen LogP contribution in [0.15, 0.2) is 90.2 Å². The molecule has 7 nitrogen and oxygen atoms in total. The molecule has 0 radical (unpaired) electrons. The van der Waals surface area contributed by atoms with Gasteiger partial charge in [-0.05, 0) is 35.9 Å². The second kappa shape index (κ2) is 8.77. The zero-order chi connectivity index (χ0) is 21.8. The van der Waals surface area contributed by atoms with Crippen LogP contribution >= 0.6 is 0 Å². The molecule has 5 rings (SSSR count). The summed E-state index contributed by atoms with van der Waals surface area (Å²) in [5.74, 6) is 1.03. The van der Waals surface area contributed by atoms with E-state index in [2.05, 4.69) is 15.6 Å². The van der Waals surface area contributed by atoms with E-state index in [0.717, 1.165) is 16.8 Å². The molecule has 0 spiro atoms. The summed E-state index contributed by atoms with van der Waals surface area (Å²) in [6.07, 6.45) is 3.28. The van der Waals surface area contributed by atoms with Crippen LogP contribution in [-0.2, 0) is 0 Å². The lowest BCUT2D eigenvalue weighted by Gasteiger charge is -2.18. The number of rotatable bonds is 5. The molecule has 7 heteroatoms. The zero-order valence-corrected chi connectivity index (χ0v) is 17.1. The number of hydrazone groups is 1. The molecule has 4 aromatic rings. The molecule has 1 aliphatic heterocycles. The van der Waals surface area contributed by atoms with Gasteiger partial charge in [-0.3, -0.25) is 4.79 Å². The Morgan fingerprint density at radius 3 is 2.44 bits per heavy atom. The van der Waals surface area contributed by atoms with Crippen LogP contribution in [0.3, 0.4) is 0 Å². The molecule has 0 bridgehead atoms. The van der Waals surface area contributed by atoms with Gasteiger partial charge in [-0.2, -0.15) is 10.2 Å². The first kappa shape index (κ1) is 19.6. The summed E-state index contributed by atoms with van der Waals surface area (Å²) in [6.45, 7) is 1.05. The number of carbonyl (C=O) groups excluding carboxylic acids is 1. The summed E-state index contributed by atoms with van der Waals surface area (Å²) in [7, 11) is 0. The minimum atomic E-state index is -0.347. The molecule has 3 aromatic carbocycles. The van der Waals surface area contributed by atoms with E-state index < -0.39 is 0 Å². The summed E-state index contributed by atoms with van der Waals surface area (Å²) < 4.78 is 12.8. The average Bonchev–Trinajstić information content (AvgIpc) is 3.31. The van der Waals surface area contributed by atoms with Crippen molar-refractivity contribution >= 4 is 12.1 Å². The van der Waals surface area contributed by atoms with E-state index >= 15 is 0 Å². The Balaban J connectivity index is 1.40. The number of hydrogen-bond acceptors (Lipinski definition) is 5. The van der Waals surface area contributed by atoms with E-state index in [9.17, 15) is 4.79 Å². The number of fused-ring (bicyclic) bond motifs is 1. The third kappa shape index (κ3) is 4.09. The number of nitrogens with zero attached hydrogens (tertiary/aromatic N) is 3. The Bertz CT molecular complexity index is 1270. The van der Waals surface area contributed by atoms with Crippen molar-refractivity contribution in [2.75, 3.05) is 13.2 Å². The molecule has 0 fully saturated rings. The monoisotopic (exact) mass is 424 g/mol. The predicted octanol–water partition coefficient (Wildman–Crippen LogP) is 4.07. The zero-order valence-electron chi connectivity index (χ0n) is 17.1. The fourth-order valence-corrected chi connectivity index (χ4v) is 3.43.